The first-order chi connectivity index (χ1) is 9.41. The Kier molecular flexibility index (Phi) is 4.01. The molecule has 20 heavy (non-hydrogen) atoms. The highest BCUT2D eigenvalue weighted by atomic mass is 19.1. The molecule has 2 rings (SSSR count). The van der Waals surface area contributed by atoms with Crippen LogP contribution in [-0.4, -0.2) is 48.3 Å². The molecule has 0 radical (unpaired) electrons. The standard InChI is InChI=1S/C14H16F2N2O2/c1-17(2)14(20)12-4-3-7-18(12)13(19)10-8-9(15)5-6-11(10)16/h5-6,8,12H,3-4,7H2,1-2H3. The minimum Gasteiger partial charge on any atom is -0.347 e. The molecule has 0 aromatic heterocycles. The van der Waals surface area contributed by atoms with Gasteiger partial charge in [-0.05, 0) is 31.0 Å². The van der Waals surface area contributed by atoms with E-state index in [0.717, 1.165) is 18.2 Å². The number of benzene rings is 1. The van der Waals surface area contributed by atoms with Gasteiger partial charge in [0.15, 0.2) is 0 Å². The topological polar surface area (TPSA) is 40.6 Å². The van der Waals surface area contributed by atoms with E-state index in [4.69, 9.17) is 0 Å². The zero-order valence-corrected chi connectivity index (χ0v) is 11.4. The lowest BCUT2D eigenvalue weighted by Crippen LogP contribution is -2.45. The van der Waals surface area contributed by atoms with Crippen LogP contribution in [0.2, 0.25) is 0 Å². The van der Waals surface area contributed by atoms with Crippen molar-refractivity contribution in [3.05, 3.63) is 35.4 Å². The molecule has 4 nitrogen and oxygen atoms in total. The molecule has 1 saturated heterocycles. The summed E-state index contributed by atoms with van der Waals surface area (Å²) in [6.07, 6.45) is 1.21. The molecule has 0 saturated carbocycles. The molecule has 1 aliphatic heterocycles. The fourth-order valence-electron chi connectivity index (χ4n) is 2.38. The van der Waals surface area contributed by atoms with Gasteiger partial charge in [-0.1, -0.05) is 0 Å². The average Bonchev–Trinajstić information content (AvgIpc) is 2.88. The molecule has 2 amide bonds. The van der Waals surface area contributed by atoms with E-state index in [1.54, 1.807) is 14.1 Å². The Bertz CT molecular complexity index is 546. The number of amides is 2. The lowest BCUT2D eigenvalue weighted by atomic mass is 10.1. The van der Waals surface area contributed by atoms with Crippen molar-refractivity contribution in [2.75, 3.05) is 20.6 Å². The van der Waals surface area contributed by atoms with E-state index >= 15 is 0 Å². The van der Waals surface area contributed by atoms with Crippen molar-refractivity contribution < 1.29 is 18.4 Å². The molecule has 0 aliphatic carbocycles. The van der Waals surface area contributed by atoms with E-state index in [2.05, 4.69) is 0 Å². The van der Waals surface area contributed by atoms with Gasteiger partial charge in [-0.3, -0.25) is 9.59 Å². The molecule has 6 heteroatoms. The second-order valence-corrected chi connectivity index (χ2v) is 5.01. The van der Waals surface area contributed by atoms with Crippen molar-refractivity contribution >= 4 is 11.8 Å². The molecule has 1 aromatic rings. The summed E-state index contributed by atoms with van der Waals surface area (Å²) in [7, 11) is 3.21. The summed E-state index contributed by atoms with van der Waals surface area (Å²) >= 11 is 0. The van der Waals surface area contributed by atoms with Crippen LogP contribution in [-0.2, 0) is 4.79 Å². The Morgan fingerprint density at radius 3 is 2.65 bits per heavy atom. The molecule has 108 valence electrons. The maximum absolute atomic E-state index is 13.7. The first-order valence-corrected chi connectivity index (χ1v) is 6.39. The van der Waals surface area contributed by atoms with Gasteiger partial charge < -0.3 is 9.80 Å². The third-order valence-corrected chi connectivity index (χ3v) is 3.40. The van der Waals surface area contributed by atoms with E-state index in [9.17, 15) is 18.4 Å². The number of halogens is 2. The maximum atomic E-state index is 13.7. The number of hydrogen-bond acceptors (Lipinski definition) is 2. The van der Waals surface area contributed by atoms with Gasteiger partial charge in [-0.15, -0.1) is 0 Å². The smallest absolute Gasteiger partial charge is 0.257 e. The second kappa shape index (κ2) is 5.56. The summed E-state index contributed by atoms with van der Waals surface area (Å²) in [5, 5.41) is 0. The highest BCUT2D eigenvalue weighted by Gasteiger charge is 2.36. The lowest BCUT2D eigenvalue weighted by molar-refractivity contribution is -0.132. The van der Waals surface area contributed by atoms with Crippen molar-refractivity contribution in [1.29, 1.82) is 0 Å². The van der Waals surface area contributed by atoms with E-state index in [1.807, 2.05) is 0 Å². The third kappa shape index (κ3) is 2.64. The lowest BCUT2D eigenvalue weighted by Gasteiger charge is -2.26. The fourth-order valence-corrected chi connectivity index (χ4v) is 2.38. The molecule has 1 heterocycles. The zero-order valence-electron chi connectivity index (χ0n) is 11.4. The molecule has 1 fully saturated rings. The molecular weight excluding hydrogens is 266 g/mol. The van der Waals surface area contributed by atoms with Crippen LogP contribution in [0.4, 0.5) is 8.78 Å². The van der Waals surface area contributed by atoms with Crippen molar-refractivity contribution in [3.63, 3.8) is 0 Å². The van der Waals surface area contributed by atoms with Gasteiger partial charge in [0.05, 0.1) is 5.56 Å². The predicted molar refractivity (Wildman–Crippen MR) is 69.1 cm³/mol. The Balaban J connectivity index is 2.28. The summed E-state index contributed by atoms with van der Waals surface area (Å²) in [5.41, 5.74) is -0.330. The van der Waals surface area contributed by atoms with Crippen LogP contribution in [0.3, 0.4) is 0 Å². The third-order valence-electron chi connectivity index (χ3n) is 3.40. The number of carbonyl (C=O) groups is 2. The van der Waals surface area contributed by atoms with Gasteiger partial charge in [-0.25, -0.2) is 8.78 Å². The Morgan fingerprint density at radius 1 is 1.30 bits per heavy atom. The van der Waals surface area contributed by atoms with Gasteiger partial charge in [0.2, 0.25) is 5.91 Å². The summed E-state index contributed by atoms with van der Waals surface area (Å²) in [6, 6.07) is 2.15. The summed E-state index contributed by atoms with van der Waals surface area (Å²) in [6.45, 7) is 0.374. The Labute approximate surface area is 116 Å². The number of rotatable bonds is 2. The SMILES string of the molecule is CN(C)C(=O)C1CCCN1C(=O)c1cc(F)ccc1F. The van der Waals surface area contributed by atoms with Crippen molar-refractivity contribution in [2.24, 2.45) is 0 Å². The van der Waals surface area contributed by atoms with Crippen LogP contribution < -0.4 is 0 Å². The quantitative estimate of drug-likeness (QED) is 0.827. The van der Waals surface area contributed by atoms with E-state index < -0.39 is 23.6 Å². The van der Waals surface area contributed by atoms with Crippen molar-refractivity contribution in [1.82, 2.24) is 9.80 Å². The van der Waals surface area contributed by atoms with Crippen molar-refractivity contribution in [3.8, 4) is 0 Å². The summed E-state index contributed by atoms with van der Waals surface area (Å²) in [4.78, 5) is 27.0. The first kappa shape index (κ1) is 14.4. The largest absolute Gasteiger partial charge is 0.347 e. The van der Waals surface area contributed by atoms with Gasteiger partial charge in [0.1, 0.15) is 17.7 Å². The van der Waals surface area contributed by atoms with Crippen molar-refractivity contribution in [2.45, 2.75) is 18.9 Å². The van der Waals surface area contributed by atoms with Crippen LogP contribution >= 0.6 is 0 Å². The first-order valence-electron chi connectivity index (χ1n) is 6.39. The molecule has 1 unspecified atom stereocenters. The molecule has 0 N–H and O–H groups in total. The normalized spacial score (nSPS) is 18.2. The molecule has 1 aliphatic rings. The van der Waals surface area contributed by atoms with E-state index in [-0.39, 0.29) is 11.5 Å². The maximum Gasteiger partial charge on any atom is 0.257 e. The Morgan fingerprint density at radius 2 is 2.00 bits per heavy atom. The van der Waals surface area contributed by atoms with Crippen LogP contribution in [0.25, 0.3) is 0 Å². The van der Waals surface area contributed by atoms with Gasteiger partial charge >= 0.3 is 0 Å². The van der Waals surface area contributed by atoms with E-state index in [1.165, 1.54) is 9.80 Å². The Hall–Kier alpha value is -1.98. The minimum atomic E-state index is -0.778. The molecule has 1 atom stereocenters. The van der Waals surface area contributed by atoms with Crippen LogP contribution in [0, 0.1) is 11.6 Å². The second-order valence-electron chi connectivity index (χ2n) is 5.01. The van der Waals surface area contributed by atoms with Gasteiger partial charge in [-0.2, -0.15) is 0 Å². The summed E-state index contributed by atoms with van der Waals surface area (Å²) < 4.78 is 26.8. The molecule has 1 aromatic carbocycles. The van der Waals surface area contributed by atoms with Crippen LogP contribution in [0.1, 0.15) is 23.2 Å². The van der Waals surface area contributed by atoms with Crippen LogP contribution in [0.15, 0.2) is 18.2 Å². The number of likely N-dealkylation sites (tertiary alicyclic amines) is 1. The number of likely N-dealkylation sites (N-methyl/N-ethyl adjacent to an activating group) is 1. The average molecular weight is 282 g/mol. The number of carbonyl (C=O) groups excluding carboxylic acids is 2. The zero-order chi connectivity index (χ0) is 14.9. The monoisotopic (exact) mass is 282 g/mol. The minimum absolute atomic E-state index is 0.201. The highest BCUT2D eigenvalue weighted by Crippen LogP contribution is 2.23. The van der Waals surface area contributed by atoms with Crippen LogP contribution in [0.5, 0.6) is 0 Å². The van der Waals surface area contributed by atoms with E-state index in [0.29, 0.717) is 19.4 Å². The van der Waals surface area contributed by atoms with Gasteiger partial charge in [0.25, 0.3) is 5.91 Å². The molecular formula is C14H16F2N2O2. The molecule has 0 spiro atoms. The molecule has 0 bridgehead atoms. The fraction of sp³-hybridized carbons (Fsp3) is 0.429. The number of nitrogens with zero attached hydrogens (tertiary/aromatic N) is 2. The highest BCUT2D eigenvalue weighted by molar-refractivity contribution is 5.98. The summed E-state index contributed by atoms with van der Waals surface area (Å²) in [5.74, 6) is -2.30. The number of hydrogen-bond donors (Lipinski definition) is 0. The predicted octanol–water partition coefficient (Wildman–Crippen LogP) is 1.66. The van der Waals surface area contributed by atoms with Gasteiger partial charge in [0, 0.05) is 20.6 Å².